The summed E-state index contributed by atoms with van der Waals surface area (Å²) in [5, 5.41) is 16.7. The van der Waals surface area contributed by atoms with Crippen molar-refractivity contribution in [3.8, 4) is 11.6 Å². The fourth-order valence-corrected chi connectivity index (χ4v) is 1.38. The molecule has 6 nitrogen and oxygen atoms in total. The Morgan fingerprint density at radius 3 is 2.93 bits per heavy atom. The fraction of sp³-hybridized carbons (Fsp3) is 0.444. The molecule has 2 aromatic rings. The maximum absolute atomic E-state index is 8.82. The maximum Gasteiger partial charge on any atom is 0.276 e. The molecule has 0 saturated heterocycles. The van der Waals surface area contributed by atoms with Crippen molar-refractivity contribution in [2.75, 3.05) is 0 Å². The number of aryl methyl sites for hydroxylation is 2. The second-order valence-electron chi connectivity index (χ2n) is 3.16. The first-order valence-corrected chi connectivity index (χ1v) is 4.73. The molecule has 0 amide bonds. The van der Waals surface area contributed by atoms with Gasteiger partial charge < -0.3 is 9.63 Å². The lowest BCUT2D eigenvalue weighted by molar-refractivity contribution is 0.264. The van der Waals surface area contributed by atoms with Gasteiger partial charge in [0.1, 0.15) is 12.3 Å². The Kier molecular flexibility index (Phi) is 2.51. The van der Waals surface area contributed by atoms with E-state index in [0.29, 0.717) is 5.89 Å². The third-order valence-corrected chi connectivity index (χ3v) is 2.03. The lowest BCUT2D eigenvalue weighted by Crippen LogP contribution is -1.99. The first-order valence-electron chi connectivity index (χ1n) is 4.73. The third-order valence-electron chi connectivity index (χ3n) is 2.03. The highest BCUT2D eigenvalue weighted by molar-refractivity contribution is 5.47. The Hall–Kier alpha value is -1.69. The van der Waals surface area contributed by atoms with Gasteiger partial charge in [0.05, 0.1) is 5.69 Å². The van der Waals surface area contributed by atoms with E-state index in [-0.39, 0.29) is 12.4 Å². The molecular weight excluding hydrogens is 196 g/mol. The van der Waals surface area contributed by atoms with Gasteiger partial charge in [-0.2, -0.15) is 10.1 Å². The Morgan fingerprint density at radius 2 is 2.33 bits per heavy atom. The molecule has 15 heavy (non-hydrogen) atoms. The van der Waals surface area contributed by atoms with Gasteiger partial charge in [-0.15, -0.1) is 0 Å². The largest absolute Gasteiger partial charge is 0.388 e. The predicted octanol–water partition coefficient (Wildman–Crippen LogP) is 0.754. The van der Waals surface area contributed by atoms with Crippen molar-refractivity contribution in [2.45, 2.75) is 27.0 Å². The molecule has 0 atom stereocenters. The number of rotatable bonds is 3. The van der Waals surface area contributed by atoms with Gasteiger partial charge in [-0.25, -0.2) is 0 Å². The Balaban J connectivity index is 2.43. The minimum Gasteiger partial charge on any atom is -0.388 e. The van der Waals surface area contributed by atoms with Gasteiger partial charge in [0.25, 0.3) is 5.89 Å². The van der Waals surface area contributed by atoms with Gasteiger partial charge >= 0.3 is 0 Å². The highest BCUT2D eigenvalue weighted by Gasteiger charge is 2.13. The maximum atomic E-state index is 8.82. The summed E-state index contributed by atoms with van der Waals surface area (Å²) in [5.74, 6) is 0.674. The second kappa shape index (κ2) is 3.82. The Labute approximate surface area is 86.5 Å². The number of hydrogen-bond acceptors (Lipinski definition) is 5. The summed E-state index contributed by atoms with van der Waals surface area (Å²) < 4.78 is 6.80. The Bertz CT molecular complexity index is 460. The Morgan fingerprint density at radius 1 is 1.53 bits per heavy atom. The first kappa shape index (κ1) is 9.85. The van der Waals surface area contributed by atoms with Crippen molar-refractivity contribution in [3.05, 3.63) is 17.6 Å². The summed E-state index contributed by atoms with van der Waals surface area (Å²) in [4.78, 5) is 4.03. The molecule has 1 N–H and O–H groups in total. The van der Waals surface area contributed by atoms with Gasteiger partial charge in [-0.3, -0.25) is 4.68 Å². The van der Waals surface area contributed by atoms with Crippen LogP contribution in [0.25, 0.3) is 11.6 Å². The van der Waals surface area contributed by atoms with Crippen molar-refractivity contribution < 1.29 is 9.63 Å². The summed E-state index contributed by atoms with van der Waals surface area (Å²) in [6.07, 6.45) is 0. The van der Waals surface area contributed by atoms with Gasteiger partial charge in [0.15, 0.2) is 5.82 Å². The van der Waals surface area contributed by atoms with Crippen LogP contribution in [0.15, 0.2) is 10.6 Å². The lowest BCUT2D eigenvalue weighted by atomic mass is 10.3. The SMILES string of the molecule is CCn1nc(C)cc1-c1nc(CO)no1. The summed E-state index contributed by atoms with van der Waals surface area (Å²) in [7, 11) is 0. The highest BCUT2D eigenvalue weighted by Crippen LogP contribution is 2.18. The molecule has 0 radical (unpaired) electrons. The van der Waals surface area contributed by atoms with Gasteiger partial charge in [-0.05, 0) is 19.9 Å². The van der Waals surface area contributed by atoms with Gasteiger partial charge in [0.2, 0.25) is 0 Å². The molecule has 0 aromatic carbocycles. The normalized spacial score (nSPS) is 10.9. The van der Waals surface area contributed by atoms with Crippen LogP contribution in [0.3, 0.4) is 0 Å². The quantitative estimate of drug-likeness (QED) is 0.805. The van der Waals surface area contributed by atoms with E-state index in [1.165, 1.54) is 0 Å². The third kappa shape index (κ3) is 1.75. The molecule has 2 aromatic heterocycles. The molecular formula is C9H12N4O2. The van der Waals surface area contributed by atoms with Crippen molar-refractivity contribution in [1.82, 2.24) is 19.9 Å². The average molecular weight is 208 g/mol. The summed E-state index contributed by atoms with van der Waals surface area (Å²) in [5.41, 5.74) is 1.68. The highest BCUT2D eigenvalue weighted by atomic mass is 16.5. The predicted molar refractivity (Wildman–Crippen MR) is 51.9 cm³/mol. The number of aromatic nitrogens is 4. The van der Waals surface area contributed by atoms with Crippen LogP contribution in [0.4, 0.5) is 0 Å². The number of aliphatic hydroxyl groups excluding tert-OH is 1. The van der Waals surface area contributed by atoms with Crippen molar-refractivity contribution in [2.24, 2.45) is 0 Å². The monoisotopic (exact) mass is 208 g/mol. The molecule has 2 heterocycles. The van der Waals surface area contributed by atoms with E-state index in [0.717, 1.165) is 17.9 Å². The van der Waals surface area contributed by atoms with E-state index in [2.05, 4.69) is 15.2 Å². The van der Waals surface area contributed by atoms with Crippen LogP contribution in [0.2, 0.25) is 0 Å². The molecule has 0 aliphatic carbocycles. The van der Waals surface area contributed by atoms with Crippen LogP contribution < -0.4 is 0 Å². The lowest BCUT2D eigenvalue weighted by Gasteiger charge is -1.97. The van der Waals surface area contributed by atoms with E-state index >= 15 is 0 Å². The molecule has 0 spiro atoms. The zero-order valence-electron chi connectivity index (χ0n) is 8.64. The summed E-state index contributed by atoms with van der Waals surface area (Å²) in [6.45, 7) is 4.40. The minimum atomic E-state index is -0.219. The number of hydrogen-bond donors (Lipinski definition) is 1. The van der Waals surface area contributed by atoms with E-state index in [4.69, 9.17) is 9.63 Å². The van der Waals surface area contributed by atoms with Crippen LogP contribution in [-0.4, -0.2) is 25.0 Å². The standard InChI is InChI=1S/C9H12N4O2/c1-3-13-7(4-6(2)11-13)9-10-8(5-14)12-15-9/h4,14H,3,5H2,1-2H3. The van der Waals surface area contributed by atoms with E-state index in [9.17, 15) is 0 Å². The summed E-state index contributed by atoms with van der Waals surface area (Å²) in [6, 6.07) is 1.87. The molecule has 80 valence electrons. The molecule has 0 fully saturated rings. The van der Waals surface area contributed by atoms with E-state index in [1.807, 2.05) is 19.9 Å². The van der Waals surface area contributed by atoms with E-state index < -0.39 is 0 Å². The molecule has 0 saturated carbocycles. The fourth-order valence-electron chi connectivity index (χ4n) is 1.38. The second-order valence-corrected chi connectivity index (χ2v) is 3.16. The number of nitrogens with zero attached hydrogens (tertiary/aromatic N) is 4. The number of aliphatic hydroxyl groups is 1. The van der Waals surface area contributed by atoms with Crippen LogP contribution in [0, 0.1) is 6.92 Å². The molecule has 6 heteroatoms. The zero-order chi connectivity index (χ0) is 10.8. The molecule has 0 aliphatic rings. The van der Waals surface area contributed by atoms with E-state index in [1.54, 1.807) is 4.68 Å². The zero-order valence-corrected chi connectivity index (χ0v) is 8.64. The van der Waals surface area contributed by atoms with Crippen LogP contribution >= 0.6 is 0 Å². The van der Waals surface area contributed by atoms with Crippen LogP contribution in [0.1, 0.15) is 18.4 Å². The smallest absolute Gasteiger partial charge is 0.276 e. The molecule has 0 aliphatic heterocycles. The topological polar surface area (TPSA) is 77.0 Å². The van der Waals surface area contributed by atoms with Crippen LogP contribution in [0.5, 0.6) is 0 Å². The molecule has 0 bridgehead atoms. The average Bonchev–Trinajstić information content (AvgIpc) is 2.82. The molecule has 2 rings (SSSR count). The van der Waals surface area contributed by atoms with Crippen molar-refractivity contribution >= 4 is 0 Å². The van der Waals surface area contributed by atoms with Gasteiger partial charge in [-0.1, -0.05) is 5.16 Å². The van der Waals surface area contributed by atoms with Crippen molar-refractivity contribution in [1.29, 1.82) is 0 Å². The minimum absolute atomic E-state index is 0.219. The van der Waals surface area contributed by atoms with Crippen molar-refractivity contribution in [3.63, 3.8) is 0 Å². The van der Waals surface area contributed by atoms with Crippen LogP contribution in [-0.2, 0) is 13.2 Å². The summed E-state index contributed by atoms with van der Waals surface area (Å²) >= 11 is 0. The van der Waals surface area contributed by atoms with Gasteiger partial charge in [0, 0.05) is 6.54 Å². The first-order chi connectivity index (χ1) is 7.24. The molecule has 0 unspecified atom stereocenters.